The standard InChI is InChI=1S/C19H19NO/c1-3-13-19(14-15-9-5-4-6-10-15)16-11-7-8-12-17(16)20(2)18(19)21/h3-12H,1,13-14H2,2H3/t19-/m1/s1. The van der Waals surface area contributed by atoms with E-state index in [2.05, 4.69) is 24.8 Å². The first-order valence-corrected chi connectivity index (χ1v) is 7.21. The van der Waals surface area contributed by atoms with Crippen LogP contribution in [0.15, 0.2) is 67.3 Å². The molecule has 0 fully saturated rings. The third-order valence-corrected chi connectivity index (χ3v) is 4.34. The predicted octanol–water partition coefficient (Wildman–Crippen LogP) is 3.72. The number of benzene rings is 2. The van der Waals surface area contributed by atoms with Gasteiger partial charge in [0, 0.05) is 12.7 Å². The molecule has 106 valence electrons. The van der Waals surface area contributed by atoms with Gasteiger partial charge in [-0.1, -0.05) is 54.6 Å². The smallest absolute Gasteiger partial charge is 0.238 e. The topological polar surface area (TPSA) is 20.3 Å². The Kier molecular flexibility index (Phi) is 3.38. The van der Waals surface area contributed by atoms with E-state index in [9.17, 15) is 4.79 Å². The zero-order chi connectivity index (χ0) is 14.9. The molecule has 0 saturated carbocycles. The summed E-state index contributed by atoms with van der Waals surface area (Å²) in [6.07, 6.45) is 3.22. The van der Waals surface area contributed by atoms with E-state index in [1.165, 1.54) is 5.56 Å². The second kappa shape index (κ2) is 5.21. The third-order valence-electron chi connectivity index (χ3n) is 4.34. The Labute approximate surface area is 125 Å². The van der Waals surface area contributed by atoms with Crippen LogP contribution in [0.4, 0.5) is 5.69 Å². The fourth-order valence-corrected chi connectivity index (χ4v) is 3.35. The van der Waals surface area contributed by atoms with Gasteiger partial charge in [-0.25, -0.2) is 0 Å². The van der Waals surface area contributed by atoms with E-state index in [1.54, 1.807) is 4.90 Å². The maximum atomic E-state index is 13.0. The molecule has 0 bridgehead atoms. The minimum absolute atomic E-state index is 0.160. The SMILES string of the molecule is C=CC[C@]1(Cc2ccccc2)C(=O)N(C)c2ccccc21. The number of hydrogen-bond acceptors (Lipinski definition) is 1. The molecule has 2 heteroatoms. The molecule has 2 aromatic carbocycles. The number of anilines is 1. The van der Waals surface area contributed by atoms with E-state index in [0.717, 1.165) is 11.3 Å². The summed E-state index contributed by atoms with van der Waals surface area (Å²) in [6, 6.07) is 18.3. The number of para-hydroxylation sites is 1. The van der Waals surface area contributed by atoms with Gasteiger partial charge >= 0.3 is 0 Å². The molecule has 21 heavy (non-hydrogen) atoms. The Morgan fingerprint density at radius 3 is 2.48 bits per heavy atom. The summed E-state index contributed by atoms with van der Waals surface area (Å²) in [5.41, 5.74) is 2.79. The van der Waals surface area contributed by atoms with Crippen molar-refractivity contribution in [3.8, 4) is 0 Å². The fraction of sp³-hybridized carbons (Fsp3) is 0.211. The second-order valence-corrected chi connectivity index (χ2v) is 5.62. The van der Waals surface area contributed by atoms with Crippen molar-refractivity contribution in [2.75, 3.05) is 11.9 Å². The summed E-state index contributed by atoms with van der Waals surface area (Å²) >= 11 is 0. The Morgan fingerprint density at radius 1 is 1.10 bits per heavy atom. The highest BCUT2D eigenvalue weighted by molar-refractivity contribution is 6.08. The first-order chi connectivity index (χ1) is 10.2. The molecular formula is C19H19NO. The van der Waals surface area contributed by atoms with Gasteiger partial charge in [0.05, 0.1) is 5.41 Å². The predicted molar refractivity (Wildman–Crippen MR) is 86.5 cm³/mol. The van der Waals surface area contributed by atoms with Crippen molar-refractivity contribution < 1.29 is 4.79 Å². The van der Waals surface area contributed by atoms with E-state index in [1.807, 2.05) is 49.5 Å². The lowest BCUT2D eigenvalue weighted by atomic mass is 9.74. The molecule has 1 heterocycles. The Balaban J connectivity index is 2.13. The number of amides is 1. The zero-order valence-corrected chi connectivity index (χ0v) is 12.3. The molecule has 1 atom stereocenters. The molecule has 0 aromatic heterocycles. The highest BCUT2D eigenvalue weighted by atomic mass is 16.2. The largest absolute Gasteiger partial charge is 0.314 e. The van der Waals surface area contributed by atoms with Crippen LogP contribution in [0.2, 0.25) is 0 Å². The number of hydrogen-bond donors (Lipinski definition) is 0. The van der Waals surface area contributed by atoms with Gasteiger partial charge in [0.2, 0.25) is 5.91 Å². The molecule has 1 aliphatic heterocycles. The van der Waals surface area contributed by atoms with Crippen molar-refractivity contribution in [3.05, 3.63) is 78.4 Å². The molecule has 1 amide bonds. The van der Waals surface area contributed by atoms with E-state index >= 15 is 0 Å². The lowest BCUT2D eigenvalue weighted by molar-refractivity contribution is -0.122. The molecule has 1 aliphatic rings. The van der Waals surface area contributed by atoms with E-state index in [-0.39, 0.29) is 5.91 Å². The average molecular weight is 277 g/mol. The maximum absolute atomic E-state index is 13.0. The Morgan fingerprint density at radius 2 is 1.76 bits per heavy atom. The lowest BCUT2D eigenvalue weighted by Gasteiger charge is -2.27. The number of fused-ring (bicyclic) bond motifs is 1. The van der Waals surface area contributed by atoms with E-state index in [0.29, 0.717) is 12.8 Å². The highest BCUT2D eigenvalue weighted by Gasteiger charge is 2.48. The van der Waals surface area contributed by atoms with Crippen LogP contribution in [0, 0.1) is 0 Å². The molecule has 0 radical (unpaired) electrons. The number of likely N-dealkylation sites (N-methyl/N-ethyl adjacent to an activating group) is 1. The van der Waals surface area contributed by atoms with Crippen molar-refractivity contribution in [1.29, 1.82) is 0 Å². The molecule has 2 nitrogen and oxygen atoms in total. The zero-order valence-electron chi connectivity index (χ0n) is 12.3. The van der Waals surface area contributed by atoms with Crippen molar-refractivity contribution in [1.82, 2.24) is 0 Å². The van der Waals surface area contributed by atoms with Gasteiger partial charge in [-0.2, -0.15) is 0 Å². The molecule has 0 N–H and O–H groups in total. The number of carbonyl (C=O) groups is 1. The summed E-state index contributed by atoms with van der Waals surface area (Å²) in [5, 5.41) is 0. The van der Waals surface area contributed by atoms with Crippen LogP contribution < -0.4 is 4.90 Å². The second-order valence-electron chi connectivity index (χ2n) is 5.62. The van der Waals surface area contributed by atoms with Crippen LogP contribution in [0.5, 0.6) is 0 Å². The van der Waals surface area contributed by atoms with E-state index in [4.69, 9.17) is 0 Å². The summed E-state index contributed by atoms with van der Waals surface area (Å²) in [5.74, 6) is 0.160. The summed E-state index contributed by atoms with van der Waals surface area (Å²) < 4.78 is 0. The van der Waals surface area contributed by atoms with Gasteiger partial charge in [-0.3, -0.25) is 4.79 Å². The molecule has 0 unspecified atom stereocenters. The van der Waals surface area contributed by atoms with Crippen molar-refractivity contribution in [2.45, 2.75) is 18.3 Å². The lowest BCUT2D eigenvalue weighted by Crippen LogP contribution is -2.40. The number of allylic oxidation sites excluding steroid dienone is 1. The number of rotatable bonds is 4. The van der Waals surface area contributed by atoms with E-state index < -0.39 is 5.41 Å². The van der Waals surface area contributed by atoms with Crippen molar-refractivity contribution in [3.63, 3.8) is 0 Å². The van der Waals surface area contributed by atoms with Gasteiger partial charge in [0.15, 0.2) is 0 Å². The fourth-order valence-electron chi connectivity index (χ4n) is 3.35. The molecule has 0 spiro atoms. The minimum Gasteiger partial charge on any atom is -0.314 e. The molecule has 0 aliphatic carbocycles. The van der Waals surface area contributed by atoms with Crippen LogP contribution in [0.25, 0.3) is 0 Å². The molecule has 3 rings (SSSR count). The van der Waals surface area contributed by atoms with Crippen LogP contribution in [0.3, 0.4) is 0 Å². The van der Waals surface area contributed by atoms with Gasteiger partial charge in [0.1, 0.15) is 0 Å². The molecule has 2 aromatic rings. The minimum atomic E-state index is -0.519. The Bertz CT molecular complexity index is 677. The third kappa shape index (κ3) is 2.07. The number of carbonyl (C=O) groups excluding carboxylic acids is 1. The first-order valence-electron chi connectivity index (χ1n) is 7.21. The monoisotopic (exact) mass is 277 g/mol. The van der Waals surface area contributed by atoms with Crippen molar-refractivity contribution >= 4 is 11.6 Å². The van der Waals surface area contributed by atoms with Crippen LogP contribution in [-0.2, 0) is 16.6 Å². The quantitative estimate of drug-likeness (QED) is 0.780. The van der Waals surface area contributed by atoms with Gasteiger partial charge < -0.3 is 4.90 Å². The summed E-state index contributed by atoms with van der Waals surface area (Å²) in [6.45, 7) is 3.87. The maximum Gasteiger partial charge on any atom is 0.238 e. The Hall–Kier alpha value is -2.35. The first kappa shape index (κ1) is 13.6. The van der Waals surface area contributed by atoms with Gasteiger partial charge in [0.25, 0.3) is 0 Å². The molecular weight excluding hydrogens is 258 g/mol. The summed E-state index contributed by atoms with van der Waals surface area (Å²) in [7, 11) is 1.86. The van der Waals surface area contributed by atoms with Crippen molar-refractivity contribution in [2.24, 2.45) is 0 Å². The van der Waals surface area contributed by atoms with Crippen LogP contribution in [-0.4, -0.2) is 13.0 Å². The van der Waals surface area contributed by atoms with Gasteiger partial charge in [-0.05, 0) is 30.0 Å². The average Bonchev–Trinajstić information content (AvgIpc) is 2.72. The van der Waals surface area contributed by atoms with Crippen LogP contribution >= 0.6 is 0 Å². The highest BCUT2D eigenvalue weighted by Crippen LogP contribution is 2.45. The normalized spacial score (nSPS) is 20.4. The number of nitrogens with zero attached hydrogens (tertiary/aromatic N) is 1. The molecule has 0 saturated heterocycles. The van der Waals surface area contributed by atoms with Gasteiger partial charge in [-0.15, -0.1) is 6.58 Å². The van der Waals surface area contributed by atoms with Crippen LogP contribution in [0.1, 0.15) is 17.5 Å². The summed E-state index contributed by atoms with van der Waals surface area (Å²) in [4.78, 5) is 14.7.